The second-order valence-corrected chi connectivity index (χ2v) is 3.82. The normalized spacial score (nSPS) is 26.2. The molecule has 0 aromatic heterocycles. The van der Waals surface area contributed by atoms with E-state index < -0.39 is 11.9 Å². The first kappa shape index (κ1) is 10.5. The fourth-order valence-electron chi connectivity index (χ4n) is 1.77. The first-order valence-corrected chi connectivity index (χ1v) is 4.90. The van der Waals surface area contributed by atoms with Gasteiger partial charge in [-0.15, -0.1) is 0 Å². The number of primary amides is 1. The van der Waals surface area contributed by atoms with Crippen LogP contribution in [0.2, 0.25) is 0 Å². The first-order chi connectivity index (χ1) is 6.11. The highest BCUT2D eigenvalue weighted by molar-refractivity contribution is 5.79. The van der Waals surface area contributed by atoms with E-state index >= 15 is 0 Å². The van der Waals surface area contributed by atoms with Crippen molar-refractivity contribution in [1.82, 2.24) is 4.90 Å². The topological polar surface area (TPSA) is 72.3 Å². The zero-order chi connectivity index (χ0) is 9.84. The predicted octanol–water partition coefficient (Wildman–Crippen LogP) is -0.327. The number of hydrogen-bond donors (Lipinski definition) is 2. The Kier molecular flexibility index (Phi) is 3.69. The molecule has 76 valence electrons. The Hall–Kier alpha value is -0.610. The van der Waals surface area contributed by atoms with Crippen molar-refractivity contribution in [2.75, 3.05) is 13.1 Å². The first-order valence-electron chi connectivity index (χ1n) is 4.90. The summed E-state index contributed by atoms with van der Waals surface area (Å²) in [5, 5.41) is 0. The smallest absolute Gasteiger partial charge is 0.234 e. The summed E-state index contributed by atoms with van der Waals surface area (Å²) in [5.41, 5.74) is 10.6. The minimum atomic E-state index is -0.479. The Bertz CT molecular complexity index is 184. The van der Waals surface area contributed by atoms with E-state index in [1.807, 2.05) is 0 Å². The second-order valence-electron chi connectivity index (χ2n) is 3.82. The van der Waals surface area contributed by atoms with Gasteiger partial charge in [-0.2, -0.15) is 0 Å². The van der Waals surface area contributed by atoms with Crippen LogP contribution in [0, 0.1) is 0 Å². The molecule has 4 N–H and O–H groups in total. The molecule has 1 saturated heterocycles. The molecule has 2 unspecified atom stereocenters. The third-order valence-electron chi connectivity index (χ3n) is 2.78. The Labute approximate surface area is 79.3 Å². The summed E-state index contributed by atoms with van der Waals surface area (Å²) >= 11 is 0. The minimum Gasteiger partial charge on any atom is -0.368 e. The van der Waals surface area contributed by atoms with Crippen LogP contribution in [0.15, 0.2) is 0 Å². The Morgan fingerprint density at radius 1 is 1.69 bits per heavy atom. The van der Waals surface area contributed by atoms with Gasteiger partial charge in [0.2, 0.25) is 5.91 Å². The van der Waals surface area contributed by atoms with Gasteiger partial charge in [-0.05, 0) is 32.7 Å². The van der Waals surface area contributed by atoms with Gasteiger partial charge in [0.15, 0.2) is 0 Å². The average molecular weight is 185 g/mol. The molecule has 1 fully saturated rings. The number of carbonyl (C=O) groups is 1. The van der Waals surface area contributed by atoms with Crippen LogP contribution >= 0.6 is 0 Å². The molecular formula is C9H19N3O. The highest BCUT2D eigenvalue weighted by Crippen LogP contribution is 2.16. The summed E-state index contributed by atoms with van der Waals surface area (Å²) in [5.74, 6) is -0.396. The van der Waals surface area contributed by atoms with Crippen molar-refractivity contribution in [3.8, 4) is 0 Å². The number of nitrogens with two attached hydrogens (primary N) is 2. The molecule has 0 aromatic carbocycles. The minimum absolute atomic E-state index is 0.396. The summed E-state index contributed by atoms with van der Waals surface area (Å²) in [7, 11) is 0. The lowest BCUT2D eigenvalue weighted by atomic mass is 10.2. The van der Waals surface area contributed by atoms with Gasteiger partial charge in [0.05, 0.1) is 6.04 Å². The van der Waals surface area contributed by atoms with Crippen LogP contribution in [-0.4, -0.2) is 36.0 Å². The number of hydrogen-bond acceptors (Lipinski definition) is 3. The molecule has 0 aromatic rings. The van der Waals surface area contributed by atoms with E-state index in [1.54, 1.807) is 0 Å². The van der Waals surface area contributed by atoms with Gasteiger partial charge in [-0.3, -0.25) is 4.79 Å². The fraction of sp³-hybridized carbons (Fsp3) is 0.889. The number of carbonyl (C=O) groups excluding carboxylic acids is 1. The van der Waals surface area contributed by atoms with Crippen LogP contribution in [0.1, 0.15) is 26.2 Å². The summed E-state index contributed by atoms with van der Waals surface area (Å²) in [6, 6.07) is 0.160. The van der Waals surface area contributed by atoms with E-state index in [9.17, 15) is 4.79 Å². The van der Waals surface area contributed by atoms with Crippen molar-refractivity contribution in [3.63, 3.8) is 0 Å². The number of rotatable bonds is 4. The highest BCUT2D eigenvalue weighted by Gasteiger charge is 2.21. The van der Waals surface area contributed by atoms with Crippen molar-refractivity contribution in [2.24, 2.45) is 11.5 Å². The molecule has 0 spiro atoms. The molecule has 1 rings (SSSR count). The highest BCUT2D eigenvalue weighted by atomic mass is 16.1. The summed E-state index contributed by atoms with van der Waals surface area (Å²) in [4.78, 5) is 13.0. The molecule has 0 aliphatic carbocycles. The lowest BCUT2D eigenvalue weighted by Crippen LogP contribution is -2.40. The Balaban J connectivity index is 2.22. The van der Waals surface area contributed by atoms with Crippen LogP contribution in [-0.2, 0) is 4.79 Å². The van der Waals surface area contributed by atoms with Gasteiger partial charge >= 0.3 is 0 Å². The standard InChI is InChI=1S/C9H19N3O/c1-7-3-2-5-12(7)6-4-8(10)9(11)13/h7-8H,2-6,10H2,1H3,(H2,11,13). The zero-order valence-corrected chi connectivity index (χ0v) is 8.20. The van der Waals surface area contributed by atoms with Gasteiger partial charge in [0, 0.05) is 12.6 Å². The third-order valence-corrected chi connectivity index (χ3v) is 2.78. The van der Waals surface area contributed by atoms with Crippen molar-refractivity contribution in [3.05, 3.63) is 0 Å². The Morgan fingerprint density at radius 3 is 2.85 bits per heavy atom. The lowest BCUT2D eigenvalue weighted by Gasteiger charge is -2.21. The monoisotopic (exact) mass is 185 g/mol. The fourth-order valence-corrected chi connectivity index (χ4v) is 1.77. The van der Waals surface area contributed by atoms with Gasteiger partial charge in [-0.25, -0.2) is 0 Å². The maximum absolute atomic E-state index is 10.7. The van der Waals surface area contributed by atoms with E-state index in [-0.39, 0.29) is 0 Å². The largest absolute Gasteiger partial charge is 0.368 e. The SMILES string of the molecule is CC1CCCN1CCC(N)C(N)=O. The molecule has 4 nitrogen and oxygen atoms in total. The van der Waals surface area contributed by atoms with Crippen LogP contribution < -0.4 is 11.5 Å². The van der Waals surface area contributed by atoms with Gasteiger partial charge in [-0.1, -0.05) is 0 Å². The molecule has 1 heterocycles. The molecule has 0 radical (unpaired) electrons. The van der Waals surface area contributed by atoms with Crippen molar-refractivity contribution in [2.45, 2.75) is 38.3 Å². The van der Waals surface area contributed by atoms with E-state index in [2.05, 4.69) is 11.8 Å². The molecule has 0 bridgehead atoms. The zero-order valence-electron chi connectivity index (χ0n) is 8.20. The van der Waals surface area contributed by atoms with Gasteiger partial charge in [0.25, 0.3) is 0 Å². The summed E-state index contributed by atoms with van der Waals surface area (Å²) in [6.07, 6.45) is 3.19. The Morgan fingerprint density at radius 2 is 2.38 bits per heavy atom. The van der Waals surface area contributed by atoms with Gasteiger partial charge < -0.3 is 16.4 Å². The molecule has 1 aliphatic rings. The molecule has 1 amide bonds. The third kappa shape index (κ3) is 2.97. The van der Waals surface area contributed by atoms with Crippen LogP contribution in [0.25, 0.3) is 0 Å². The van der Waals surface area contributed by atoms with E-state index in [0.29, 0.717) is 12.5 Å². The second kappa shape index (κ2) is 4.58. The summed E-state index contributed by atoms with van der Waals surface area (Å²) in [6.45, 7) is 4.24. The van der Waals surface area contributed by atoms with Crippen LogP contribution in [0.4, 0.5) is 0 Å². The quantitative estimate of drug-likeness (QED) is 0.630. The maximum atomic E-state index is 10.7. The van der Waals surface area contributed by atoms with E-state index in [1.165, 1.54) is 12.8 Å². The molecule has 2 atom stereocenters. The van der Waals surface area contributed by atoms with Gasteiger partial charge in [0.1, 0.15) is 0 Å². The van der Waals surface area contributed by atoms with Crippen molar-refractivity contribution >= 4 is 5.91 Å². The van der Waals surface area contributed by atoms with Crippen LogP contribution in [0.3, 0.4) is 0 Å². The number of likely N-dealkylation sites (tertiary alicyclic amines) is 1. The van der Waals surface area contributed by atoms with Crippen molar-refractivity contribution < 1.29 is 4.79 Å². The lowest BCUT2D eigenvalue weighted by molar-refractivity contribution is -0.119. The van der Waals surface area contributed by atoms with Crippen molar-refractivity contribution in [1.29, 1.82) is 0 Å². The molecule has 0 saturated carbocycles. The predicted molar refractivity (Wildman–Crippen MR) is 52.1 cm³/mol. The number of nitrogens with zero attached hydrogens (tertiary/aromatic N) is 1. The molecule has 13 heavy (non-hydrogen) atoms. The molecule has 1 aliphatic heterocycles. The molecular weight excluding hydrogens is 166 g/mol. The van der Waals surface area contributed by atoms with Crippen LogP contribution in [0.5, 0.6) is 0 Å². The molecule has 4 heteroatoms. The average Bonchev–Trinajstić information content (AvgIpc) is 2.47. The van der Waals surface area contributed by atoms with E-state index in [0.717, 1.165) is 13.1 Å². The van der Waals surface area contributed by atoms with E-state index in [4.69, 9.17) is 11.5 Å². The summed E-state index contributed by atoms with van der Waals surface area (Å²) < 4.78 is 0. The maximum Gasteiger partial charge on any atom is 0.234 e. The number of amides is 1.